The van der Waals surface area contributed by atoms with Crippen LogP contribution in [-0.2, 0) is 23.9 Å². The van der Waals surface area contributed by atoms with Gasteiger partial charge in [0, 0.05) is 12.3 Å². The Hall–Kier alpha value is -2.28. The zero-order valence-electron chi connectivity index (χ0n) is 18.6. The first-order chi connectivity index (χ1) is 13.5. The molecule has 1 aliphatic carbocycles. The number of Topliss-reactive ketones (excluding diaryl/α,β-unsaturated/α-hetero) is 1. The monoisotopic (exact) mass is 422 g/mol. The van der Waals surface area contributed by atoms with Gasteiger partial charge in [0.2, 0.25) is 0 Å². The van der Waals surface area contributed by atoms with E-state index >= 15 is 0 Å². The third-order valence-electron chi connectivity index (χ3n) is 4.84. The van der Waals surface area contributed by atoms with Crippen LogP contribution in [-0.4, -0.2) is 39.6 Å². The van der Waals surface area contributed by atoms with Crippen molar-refractivity contribution >= 4 is 17.7 Å². The van der Waals surface area contributed by atoms with E-state index in [-0.39, 0.29) is 0 Å². The summed E-state index contributed by atoms with van der Waals surface area (Å²) >= 11 is 0. The minimum atomic E-state index is -1.75. The lowest BCUT2D eigenvalue weighted by Crippen LogP contribution is -2.56. The second-order valence-corrected chi connectivity index (χ2v) is 10.1. The number of halogens is 1. The van der Waals surface area contributed by atoms with Crippen molar-refractivity contribution in [2.45, 2.75) is 77.6 Å². The quantitative estimate of drug-likeness (QED) is 0.592. The Kier molecular flexibility index (Phi) is 6.48. The highest BCUT2D eigenvalue weighted by Crippen LogP contribution is 2.47. The van der Waals surface area contributed by atoms with Crippen LogP contribution in [0.1, 0.15) is 66.4 Å². The number of esters is 2. The van der Waals surface area contributed by atoms with Crippen LogP contribution in [0.25, 0.3) is 0 Å². The van der Waals surface area contributed by atoms with Crippen molar-refractivity contribution in [2.75, 3.05) is 0 Å². The highest BCUT2D eigenvalue weighted by Gasteiger charge is 2.57. The Morgan fingerprint density at radius 2 is 1.47 bits per heavy atom. The van der Waals surface area contributed by atoms with Crippen LogP contribution in [0.3, 0.4) is 0 Å². The first-order valence-electron chi connectivity index (χ1n) is 9.98. The molecule has 1 aromatic rings. The molecule has 0 unspecified atom stereocenters. The number of carbonyl (C=O) groups is 3. The van der Waals surface area contributed by atoms with Crippen molar-refractivity contribution in [3.05, 3.63) is 35.6 Å². The molecule has 166 valence electrons. The maximum absolute atomic E-state index is 13.5. The van der Waals surface area contributed by atoms with Crippen molar-refractivity contribution in [2.24, 2.45) is 11.8 Å². The number of carbonyl (C=O) groups excluding carboxylic acids is 3. The highest BCUT2D eigenvalue weighted by atomic mass is 19.1. The summed E-state index contributed by atoms with van der Waals surface area (Å²) in [6.07, 6.45) is -0.404. The molecule has 7 heteroatoms. The molecule has 1 N–H and O–H groups in total. The van der Waals surface area contributed by atoms with Crippen LogP contribution in [0, 0.1) is 17.7 Å². The summed E-state index contributed by atoms with van der Waals surface area (Å²) in [6, 6.07) is 5.18. The topological polar surface area (TPSA) is 89.9 Å². The molecule has 0 saturated heterocycles. The first-order valence-corrected chi connectivity index (χ1v) is 9.98. The molecule has 1 fully saturated rings. The summed E-state index contributed by atoms with van der Waals surface area (Å²) < 4.78 is 24.5. The Bertz CT molecular complexity index is 814. The molecule has 0 aliphatic heterocycles. The van der Waals surface area contributed by atoms with E-state index in [4.69, 9.17) is 9.47 Å². The molecule has 1 aliphatic rings. The smallest absolute Gasteiger partial charge is 0.317 e. The van der Waals surface area contributed by atoms with Gasteiger partial charge in [0.15, 0.2) is 5.78 Å². The van der Waals surface area contributed by atoms with Crippen molar-refractivity contribution in [3.8, 4) is 0 Å². The molecule has 0 radical (unpaired) electrons. The molecule has 0 amide bonds. The predicted octanol–water partition coefficient (Wildman–Crippen LogP) is 3.55. The second kappa shape index (κ2) is 8.10. The molecule has 0 heterocycles. The predicted molar refractivity (Wildman–Crippen MR) is 108 cm³/mol. The van der Waals surface area contributed by atoms with E-state index < -0.39 is 64.5 Å². The summed E-state index contributed by atoms with van der Waals surface area (Å²) in [7, 11) is 0. The molecule has 0 bridgehead atoms. The van der Waals surface area contributed by atoms with Crippen LogP contribution in [0.5, 0.6) is 0 Å². The van der Waals surface area contributed by atoms with Crippen molar-refractivity contribution in [1.82, 2.24) is 0 Å². The van der Waals surface area contributed by atoms with Gasteiger partial charge in [-0.1, -0.05) is 12.1 Å². The lowest BCUT2D eigenvalue weighted by Gasteiger charge is -2.44. The summed E-state index contributed by atoms with van der Waals surface area (Å²) in [6.45, 7) is 11.5. The number of benzene rings is 1. The van der Waals surface area contributed by atoms with Gasteiger partial charge in [0.05, 0.1) is 11.5 Å². The molecule has 1 aromatic carbocycles. The maximum Gasteiger partial charge on any atom is 0.317 e. The summed E-state index contributed by atoms with van der Waals surface area (Å²) in [4.78, 5) is 39.1. The molecule has 30 heavy (non-hydrogen) atoms. The average molecular weight is 422 g/mol. The van der Waals surface area contributed by atoms with E-state index in [9.17, 15) is 23.9 Å². The number of aliphatic hydroxyl groups is 1. The second-order valence-electron chi connectivity index (χ2n) is 10.1. The third-order valence-corrected chi connectivity index (χ3v) is 4.84. The van der Waals surface area contributed by atoms with Gasteiger partial charge in [-0.2, -0.15) is 0 Å². The van der Waals surface area contributed by atoms with Crippen LogP contribution >= 0.6 is 0 Å². The van der Waals surface area contributed by atoms with Gasteiger partial charge in [-0.15, -0.1) is 0 Å². The molecule has 0 spiro atoms. The number of rotatable bonds is 3. The Balaban J connectivity index is 2.62. The van der Waals surface area contributed by atoms with Gasteiger partial charge in [-0.25, -0.2) is 4.39 Å². The summed E-state index contributed by atoms with van der Waals surface area (Å²) in [5, 5.41) is 11.0. The van der Waals surface area contributed by atoms with E-state index in [0.29, 0.717) is 5.56 Å². The Morgan fingerprint density at radius 1 is 1.00 bits per heavy atom. The fourth-order valence-electron chi connectivity index (χ4n) is 3.83. The third kappa shape index (κ3) is 5.65. The maximum atomic E-state index is 13.5. The summed E-state index contributed by atoms with van der Waals surface area (Å²) in [5.41, 5.74) is -3.08. The van der Waals surface area contributed by atoms with E-state index in [1.54, 1.807) is 41.5 Å². The molecule has 4 atom stereocenters. The lowest BCUT2D eigenvalue weighted by atomic mass is 9.61. The van der Waals surface area contributed by atoms with Crippen LogP contribution in [0.4, 0.5) is 4.39 Å². The van der Waals surface area contributed by atoms with Gasteiger partial charge in [-0.3, -0.25) is 14.4 Å². The Morgan fingerprint density at radius 3 is 1.93 bits per heavy atom. The van der Waals surface area contributed by atoms with Crippen molar-refractivity contribution in [3.63, 3.8) is 0 Å². The molecular formula is C23H31FO6. The first kappa shape index (κ1) is 24.0. The fraction of sp³-hybridized carbons (Fsp3) is 0.609. The minimum Gasteiger partial charge on any atom is -0.460 e. The van der Waals surface area contributed by atoms with Gasteiger partial charge >= 0.3 is 11.9 Å². The van der Waals surface area contributed by atoms with Gasteiger partial charge in [0.1, 0.15) is 22.9 Å². The highest BCUT2D eigenvalue weighted by molar-refractivity contribution is 6.03. The molecule has 2 rings (SSSR count). The molecular weight excluding hydrogens is 391 g/mol. The lowest BCUT2D eigenvalue weighted by molar-refractivity contribution is -0.182. The van der Waals surface area contributed by atoms with E-state index in [2.05, 4.69) is 0 Å². The van der Waals surface area contributed by atoms with Gasteiger partial charge in [0.25, 0.3) is 0 Å². The molecule has 0 aromatic heterocycles. The van der Waals surface area contributed by atoms with Gasteiger partial charge < -0.3 is 14.6 Å². The molecule has 1 saturated carbocycles. The average Bonchev–Trinajstić information content (AvgIpc) is 2.50. The standard InChI is InChI=1S/C23H31FO6/c1-21(2,3)29-19(26)17-15(25)12-23(7,28)18(20(27)30-22(4,5)6)16(17)13-8-10-14(24)11-9-13/h8-11,16-18,28H,12H2,1-7H3/t16-,17-,18-,23+/m0/s1. The van der Waals surface area contributed by atoms with Crippen LogP contribution in [0.2, 0.25) is 0 Å². The normalized spacial score (nSPS) is 27.5. The zero-order chi connectivity index (χ0) is 23.1. The zero-order valence-corrected chi connectivity index (χ0v) is 18.6. The van der Waals surface area contributed by atoms with E-state index in [0.717, 1.165) is 0 Å². The summed E-state index contributed by atoms with van der Waals surface area (Å²) in [5.74, 6) is -6.18. The number of hydrogen-bond acceptors (Lipinski definition) is 6. The van der Waals surface area contributed by atoms with Crippen LogP contribution in [0.15, 0.2) is 24.3 Å². The Labute approximate surface area is 176 Å². The number of hydrogen-bond donors (Lipinski definition) is 1. The van der Waals surface area contributed by atoms with E-state index in [1.165, 1.54) is 31.2 Å². The number of ketones is 1. The van der Waals surface area contributed by atoms with Crippen molar-refractivity contribution < 1.29 is 33.4 Å². The van der Waals surface area contributed by atoms with Crippen LogP contribution < -0.4 is 0 Å². The van der Waals surface area contributed by atoms with Gasteiger partial charge in [-0.05, 0) is 66.2 Å². The fourth-order valence-corrected chi connectivity index (χ4v) is 3.83. The van der Waals surface area contributed by atoms with E-state index in [1.807, 2.05) is 0 Å². The van der Waals surface area contributed by atoms with Crippen molar-refractivity contribution in [1.29, 1.82) is 0 Å². The minimum absolute atomic E-state index is 0.372. The molecule has 6 nitrogen and oxygen atoms in total. The largest absolute Gasteiger partial charge is 0.460 e. The SMILES string of the molecule is CC(C)(C)OC(=O)[C@H]1C(=O)C[C@@](C)(O)[C@H](C(=O)OC(C)(C)C)[C@H]1c1ccc(F)cc1. The number of ether oxygens (including phenoxy) is 2.